The van der Waals surface area contributed by atoms with Crippen LogP contribution < -0.4 is 9.47 Å². The van der Waals surface area contributed by atoms with Crippen LogP contribution in [0, 0.1) is 0 Å². The smallest absolute Gasteiger partial charge is 0.280 e. The molecule has 1 aromatic carbocycles. The van der Waals surface area contributed by atoms with Crippen LogP contribution >= 0.6 is 24.0 Å². The van der Waals surface area contributed by atoms with Crippen LogP contribution in [0.5, 0.6) is 11.5 Å². The van der Waals surface area contributed by atoms with Gasteiger partial charge in [0.25, 0.3) is 5.91 Å². The van der Waals surface area contributed by atoms with Crippen LogP contribution in [-0.2, 0) is 9.53 Å². The standard InChI is InChI=1S/C17H20N2O4S2/c1-3-23-13-5-4-12(10-14(13)21-2)11-15-16(20)19(17(24)25-15)18-6-8-22-9-7-18/h4-5,10-11H,3,6-9H2,1-2H3/b15-11-. The number of hydrogen-bond donors (Lipinski definition) is 0. The van der Waals surface area contributed by atoms with Crippen molar-refractivity contribution in [3.05, 3.63) is 28.7 Å². The van der Waals surface area contributed by atoms with Crippen LogP contribution in [0.1, 0.15) is 12.5 Å². The molecule has 3 rings (SSSR count). The molecule has 0 N–H and O–H groups in total. The molecule has 2 heterocycles. The van der Waals surface area contributed by atoms with E-state index in [-0.39, 0.29) is 5.91 Å². The van der Waals surface area contributed by atoms with Crippen LogP contribution in [0.4, 0.5) is 0 Å². The molecule has 0 aromatic heterocycles. The van der Waals surface area contributed by atoms with Gasteiger partial charge in [0.05, 0.1) is 31.8 Å². The number of hydrogen-bond acceptors (Lipinski definition) is 7. The normalized spacial score (nSPS) is 20.4. The second kappa shape index (κ2) is 8.18. The third kappa shape index (κ3) is 3.98. The lowest BCUT2D eigenvalue weighted by atomic mass is 10.2. The van der Waals surface area contributed by atoms with Gasteiger partial charge in [0, 0.05) is 13.1 Å². The lowest BCUT2D eigenvalue weighted by Crippen LogP contribution is -2.50. The Morgan fingerprint density at radius 2 is 2.08 bits per heavy atom. The molecule has 2 fully saturated rings. The van der Waals surface area contributed by atoms with Gasteiger partial charge in [-0.3, -0.25) is 4.79 Å². The Bertz CT molecular complexity index is 702. The van der Waals surface area contributed by atoms with Crippen LogP contribution in [0.2, 0.25) is 0 Å². The van der Waals surface area contributed by atoms with Gasteiger partial charge in [0.15, 0.2) is 15.8 Å². The summed E-state index contributed by atoms with van der Waals surface area (Å²) in [5.74, 6) is 1.23. The molecule has 0 bridgehead atoms. The highest BCUT2D eigenvalue weighted by Gasteiger charge is 2.36. The van der Waals surface area contributed by atoms with Crippen molar-refractivity contribution in [3.8, 4) is 11.5 Å². The Kier molecular flexibility index (Phi) is 5.95. The third-order valence-electron chi connectivity index (χ3n) is 3.83. The summed E-state index contributed by atoms with van der Waals surface area (Å²) < 4.78 is 16.8. The zero-order valence-electron chi connectivity index (χ0n) is 14.2. The summed E-state index contributed by atoms with van der Waals surface area (Å²) in [6.45, 7) is 5.02. The summed E-state index contributed by atoms with van der Waals surface area (Å²) >= 11 is 6.71. The average Bonchev–Trinajstić information content (AvgIpc) is 2.90. The summed E-state index contributed by atoms with van der Waals surface area (Å²) in [4.78, 5) is 13.4. The molecule has 0 atom stereocenters. The molecule has 2 saturated heterocycles. The van der Waals surface area contributed by atoms with Gasteiger partial charge < -0.3 is 14.2 Å². The number of nitrogens with zero attached hydrogens (tertiary/aromatic N) is 2. The van der Waals surface area contributed by atoms with Gasteiger partial charge in [-0.05, 0) is 30.7 Å². The van der Waals surface area contributed by atoms with Gasteiger partial charge in [-0.25, -0.2) is 10.0 Å². The molecule has 2 aliphatic heterocycles. The minimum Gasteiger partial charge on any atom is -0.493 e. The first-order valence-electron chi connectivity index (χ1n) is 8.05. The summed E-state index contributed by atoms with van der Waals surface area (Å²) in [6, 6.07) is 5.60. The highest BCUT2D eigenvalue weighted by molar-refractivity contribution is 8.26. The van der Waals surface area contributed by atoms with E-state index in [2.05, 4.69) is 0 Å². The fraction of sp³-hybridized carbons (Fsp3) is 0.412. The van der Waals surface area contributed by atoms with Crippen LogP contribution in [0.15, 0.2) is 23.1 Å². The van der Waals surface area contributed by atoms with Crippen LogP contribution in [0.25, 0.3) is 6.08 Å². The first kappa shape index (κ1) is 18.2. The van der Waals surface area contributed by atoms with Gasteiger partial charge in [-0.2, -0.15) is 0 Å². The van der Waals surface area contributed by atoms with Crippen molar-refractivity contribution < 1.29 is 19.0 Å². The SMILES string of the molecule is CCOc1ccc(/C=C2\SC(=S)N(N3CCOCC3)C2=O)cc1OC. The molecule has 8 heteroatoms. The zero-order chi connectivity index (χ0) is 17.8. The first-order chi connectivity index (χ1) is 12.1. The van der Waals surface area contributed by atoms with Gasteiger partial charge in [-0.1, -0.05) is 30.0 Å². The van der Waals surface area contributed by atoms with Crippen molar-refractivity contribution in [2.45, 2.75) is 6.92 Å². The van der Waals surface area contributed by atoms with Crippen molar-refractivity contribution >= 4 is 40.3 Å². The monoisotopic (exact) mass is 380 g/mol. The summed E-state index contributed by atoms with van der Waals surface area (Å²) in [5, 5.41) is 3.53. The first-order valence-corrected chi connectivity index (χ1v) is 9.28. The van der Waals surface area contributed by atoms with E-state index >= 15 is 0 Å². The lowest BCUT2D eigenvalue weighted by Gasteiger charge is -2.33. The molecule has 0 spiro atoms. The quantitative estimate of drug-likeness (QED) is 0.575. The molecule has 2 aliphatic rings. The number of morpholine rings is 1. The molecular weight excluding hydrogens is 360 g/mol. The van der Waals surface area contributed by atoms with Crippen LogP contribution in [0.3, 0.4) is 0 Å². The fourth-order valence-electron chi connectivity index (χ4n) is 2.66. The van der Waals surface area contributed by atoms with Crippen molar-refractivity contribution in [3.63, 3.8) is 0 Å². The molecule has 134 valence electrons. The number of carbonyl (C=O) groups excluding carboxylic acids is 1. The summed E-state index contributed by atoms with van der Waals surface area (Å²) in [6.07, 6.45) is 1.83. The Balaban J connectivity index is 1.81. The van der Waals surface area contributed by atoms with Gasteiger partial charge in [0.2, 0.25) is 0 Å². The fourth-order valence-corrected chi connectivity index (χ4v) is 3.97. The predicted molar refractivity (Wildman–Crippen MR) is 102 cm³/mol. The largest absolute Gasteiger partial charge is 0.493 e. The predicted octanol–water partition coefficient (Wildman–Crippen LogP) is 2.54. The topological polar surface area (TPSA) is 51.2 Å². The number of methoxy groups -OCH3 is 1. The maximum absolute atomic E-state index is 12.8. The van der Waals surface area contributed by atoms with E-state index in [1.165, 1.54) is 11.8 Å². The molecule has 0 aliphatic carbocycles. The maximum Gasteiger partial charge on any atom is 0.280 e. The van der Waals surface area contributed by atoms with E-state index in [0.29, 0.717) is 53.6 Å². The van der Waals surface area contributed by atoms with Gasteiger partial charge in [-0.15, -0.1) is 0 Å². The molecule has 1 aromatic rings. The number of thioether (sulfide) groups is 1. The summed E-state index contributed by atoms with van der Waals surface area (Å²) in [5.41, 5.74) is 0.864. The minimum atomic E-state index is -0.0928. The van der Waals surface area contributed by atoms with E-state index in [1.807, 2.05) is 36.2 Å². The molecule has 6 nitrogen and oxygen atoms in total. The molecule has 0 unspecified atom stereocenters. The Labute approximate surface area is 156 Å². The highest BCUT2D eigenvalue weighted by atomic mass is 32.2. The maximum atomic E-state index is 12.8. The van der Waals surface area contributed by atoms with Crippen molar-refractivity contribution in [2.75, 3.05) is 40.0 Å². The van der Waals surface area contributed by atoms with Crippen molar-refractivity contribution in [1.82, 2.24) is 10.0 Å². The Hall–Kier alpha value is -1.61. The number of hydrazine groups is 1. The number of rotatable bonds is 5. The Morgan fingerprint density at radius 3 is 2.76 bits per heavy atom. The highest BCUT2D eigenvalue weighted by Crippen LogP contribution is 2.35. The van der Waals surface area contributed by atoms with Gasteiger partial charge >= 0.3 is 0 Å². The van der Waals surface area contributed by atoms with E-state index in [4.69, 9.17) is 26.4 Å². The summed E-state index contributed by atoms with van der Waals surface area (Å²) in [7, 11) is 1.60. The van der Waals surface area contributed by atoms with E-state index in [1.54, 1.807) is 12.1 Å². The molecule has 1 amide bonds. The third-order valence-corrected chi connectivity index (χ3v) is 5.11. The number of amides is 1. The second-order valence-corrected chi connectivity index (χ2v) is 7.08. The number of carbonyl (C=O) groups is 1. The lowest BCUT2D eigenvalue weighted by molar-refractivity contribution is -0.138. The number of thiocarbonyl (C=S) groups is 1. The second-order valence-electron chi connectivity index (χ2n) is 5.40. The number of ether oxygens (including phenoxy) is 3. The molecule has 25 heavy (non-hydrogen) atoms. The molecule has 0 radical (unpaired) electrons. The Morgan fingerprint density at radius 1 is 1.32 bits per heavy atom. The van der Waals surface area contributed by atoms with E-state index < -0.39 is 0 Å². The zero-order valence-corrected chi connectivity index (χ0v) is 15.8. The average molecular weight is 380 g/mol. The molecule has 0 saturated carbocycles. The minimum absolute atomic E-state index is 0.0928. The molecular formula is C17H20N2O4S2. The van der Waals surface area contributed by atoms with E-state index in [9.17, 15) is 4.79 Å². The van der Waals surface area contributed by atoms with Crippen molar-refractivity contribution in [2.24, 2.45) is 0 Å². The van der Waals surface area contributed by atoms with Gasteiger partial charge in [0.1, 0.15) is 0 Å². The number of benzene rings is 1. The van der Waals surface area contributed by atoms with E-state index in [0.717, 1.165) is 5.56 Å². The van der Waals surface area contributed by atoms with Crippen molar-refractivity contribution in [1.29, 1.82) is 0 Å². The van der Waals surface area contributed by atoms with Crippen LogP contribution in [-0.4, -0.2) is 60.3 Å².